The number of alkyl halides is 3. The summed E-state index contributed by atoms with van der Waals surface area (Å²) in [7, 11) is 0. The second-order valence-electron chi connectivity index (χ2n) is 5.06. The molecule has 0 spiro atoms. The molecule has 2 atom stereocenters. The van der Waals surface area contributed by atoms with Crippen LogP contribution >= 0.6 is 11.8 Å². The Morgan fingerprint density at radius 3 is 2.75 bits per heavy atom. The van der Waals surface area contributed by atoms with Crippen LogP contribution in [0.1, 0.15) is 11.6 Å². The van der Waals surface area contributed by atoms with E-state index in [4.69, 9.17) is 0 Å². The van der Waals surface area contributed by atoms with Crippen molar-refractivity contribution >= 4 is 11.8 Å². The maximum atomic E-state index is 12.8. The van der Waals surface area contributed by atoms with Gasteiger partial charge < -0.3 is 9.88 Å². The molecule has 3 heterocycles. The molecule has 0 radical (unpaired) electrons. The predicted molar refractivity (Wildman–Crippen MR) is 69.4 cm³/mol. The molecule has 0 bridgehead atoms. The second-order valence-corrected chi connectivity index (χ2v) is 6.14. The van der Waals surface area contributed by atoms with Gasteiger partial charge in [-0.25, -0.2) is 0 Å². The largest absolute Gasteiger partial charge is 0.451 e. The van der Waals surface area contributed by atoms with Gasteiger partial charge in [-0.3, -0.25) is 4.90 Å². The molecule has 2 unspecified atom stereocenters. The standard InChI is InChI=1S/C11H16F3N5S/c1-20-8-5-15-4-7(8)18-2-3-19-9(6-18)16-17-10(19)11(12,13)14/h7-8,15H,2-6H2,1H3. The van der Waals surface area contributed by atoms with Crippen molar-refractivity contribution in [2.24, 2.45) is 0 Å². The summed E-state index contributed by atoms with van der Waals surface area (Å²) in [6.45, 7) is 3.17. The minimum absolute atomic E-state index is 0.300. The van der Waals surface area contributed by atoms with Crippen LogP contribution in [0.3, 0.4) is 0 Å². The lowest BCUT2D eigenvalue weighted by atomic mass is 10.2. The van der Waals surface area contributed by atoms with Gasteiger partial charge in [-0.1, -0.05) is 0 Å². The van der Waals surface area contributed by atoms with Crippen molar-refractivity contribution in [3.05, 3.63) is 11.6 Å². The molecule has 112 valence electrons. The first-order valence-electron chi connectivity index (χ1n) is 6.47. The molecule has 0 amide bonds. The Bertz CT molecular complexity index is 489. The summed E-state index contributed by atoms with van der Waals surface area (Å²) in [5.41, 5.74) is 0. The highest BCUT2D eigenvalue weighted by atomic mass is 32.2. The molecule has 2 aliphatic heterocycles. The Balaban J connectivity index is 1.78. The van der Waals surface area contributed by atoms with Crippen LogP contribution in [0.2, 0.25) is 0 Å². The van der Waals surface area contributed by atoms with E-state index >= 15 is 0 Å². The van der Waals surface area contributed by atoms with E-state index in [0.29, 0.717) is 36.8 Å². The first-order valence-corrected chi connectivity index (χ1v) is 7.76. The number of halogens is 3. The third kappa shape index (κ3) is 2.42. The topological polar surface area (TPSA) is 46.0 Å². The van der Waals surface area contributed by atoms with Gasteiger partial charge in [0.15, 0.2) is 0 Å². The van der Waals surface area contributed by atoms with E-state index < -0.39 is 12.0 Å². The van der Waals surface area contributed by atoms with Crippen molar-refractivity contribution in [2.75, 3.05) is 25.9 Å². The van der Waals surface area contributed by atoms with Crippen molar-refractivity contribution < 1.29 is 13.2 Å². The number of hydrogen-bond acceptors (Lipinski definition) is 5. The summed E-state index contributed by atoms with van der Waals surface area (Å²) in [6.07, 6.45) is -2.36. The molecule has 1 N–H and O–H groups in total. The lowest BCUT2D eigenvalue weighted by molar-refractivity contribution is -0.148. The monoisotopic (exact) mass is 307 g/mol. The maximum absolute atomic E-state index is 12.8. The molecule has 0 aromatic carbocycles. The van der Waals surface area contributed by atoms with Gasteiger partial charge in [0.2, 0.25) is 5.82 Å². The minimum Gasteiger partial charge on any atom is -0.314 e. The van der Waals surface area contributed by atoms with Crippen molar-refractivity contribution in [1.29, 1.82) is 0 Å². The molecule has 0 aliphatic carbocycles. The second kappa shape index (κ2) is 5.19. The fourth-order valence-corrected chi connectivity index (χ4v) is 3.78. The molecule has 20 heavy (non-hydrogen) atoms. The Kier molecular flexibility index (Phi) is 3.67. The number of rotatable bonds is 2. The third-order valence-electron chi connectivity index (χ3n) is 3.94. The normalized spacial score (nSPS) is 27.8. The van der Waals surface area contributed by atoms with Gasteiger partial charge in [0.1, 0.15) is 5.82 Å². The maximum Gasteiger partial charge on any atom is 0.451 e. The van der Waals surface area contributed by atoms with Crippen LogP contribution in [-0.4, -0.2) is 56.8 Å². The summed E-state index contributed by atoms with van der Waals surface area (Å²) >= 11 is 1.80. The highest BCUT2D eigenvalue weighted by Gasteiger charge is 2.41. The van der Waals surface area contributed by atoms with E-state index in [1.165, 1.54) is 4.57 Å². The van der Waals surface area contributed by atoms with Gasteiger partial charge in [0.25, 0.3) is 0 Å². The Hall–Kier alpha value is -0.800. The average Bonchev–Trinajstić information content (AvgIpc) is 3.03. The fraction of sp³-hybridized carbons (Fsp3) is 0.818. The van der Waals surface area contributed by atoms with Crippen LogP contribution in [0.5, 0.6) is 0 Å². The van der Waals surface area contributed by atoms with Crippen molar-refractivity contribution in [2.45, 2.75) is 30.6 Å². The minimum atomic E-state index is -4.43. The number of fused-ring (bicyclic) bond motifs is 1. The number of hydrogen-bond donors (Lipinski definition) is 1. The summed E-state index contributed by atoms with van der Waals surface area (Å²) in [4.78, 5) is 2.21. The number of nitrogens with zero attached hydrogens (tertiary/aromatic N) is 4. The highest BCUT2D eigenvalue weighted by Crippen LogP contribution is 2.30. The van der Waals surface area contributed by atoms with Gasteiger partial charge in [-0.05, 0) is 6.26 Å². The molecule has 3 rings (SSSR count). The predicted octanol–water partition coefficient (Wildman–Crippen LogP) is 0.816. The van der Waals surface area contributed by atoms with Crippen molar-refractivity contribution in [1.82, 2.24) is 25.0 Å². The van der Waals surface area contributed by atoms with E-state index in [1.54, 1.807) is 11.8 Å². The van der Waals surface area contributed by atoms with Crippen LogP contribution in [-0.2, 0) is 19.3 Å². The molecular formula is C11H16F3N5S. The zero-order chi connectivity index (χ0) is 14.3. The zero-order valence-corrected chi connectivity index (χ0v) is 11.8. The first kappa shape index (κ1) is 14.2. The Labute approximate surface area is 118 Å². The Morgan fingerprint density at radius 1 is 1.25 bits per heavy atom. The molecule has 2 aliphatic rings. The van der Waals surface area contributed by atoms with Crippen LogP contribution in [0.25, 0.3) is 0 Å². The SMILES string of the molecule is CSC1CNCC1N1CCn2c(nnc2C(F)(F)F)C1. The molecule has 1 saturated heterocycles. The van der Waals surface area contributed by atoms with Gasteiger partial charge in [-0.2, -0.15) is 24.9 Å². The van der Waals surface area contributed by atoms with Crippen LogP contribution in [0.15, 0.2) is 0 Å². The number of nitrogens with one attached hydrogen (secondary N) is 1. The van der Waals surface area contributed by atoms with Gasteiger partial charge >= 0.3 is 6.18 Å². The first-order chi connectivity index (χ1) is 9.50. The Morgan fingerprint density at radius 2 is 2.05 bits per heavy atom. The van der Waals surface area contributed by atoms with Crippen LogP contribution in [0.4, 0.5) is 13.2 Å². The molecular weight excluding hydrogens is 291 g/mol. The van der Waals surface area contributed by atoms with E-state index in [9.17, 15) is 13.2 Å². The van der Waals surface area contributed by atoms with Crippen LogP contribution < -0.4 is 5.32 Å². The fourth-order valence-electron chi connectivity index (χ4n) is 2.91. The molecule has 1 fully saturated rings. The molecule has 9 heteroatoms. The summed E-state index contributed by atoms with van der Waals surface area (Å²) in [5, 5.41) is 10.8. The summed E-state index contributed by atoms with van der Waals surface area (Å²) in [6, 6.07) is 0.352. The highest BCUT2D eigenvalue weighted by molar-refractivity contribution is 7.99. The molecule has 1 aromatic heterocycles. The third-order valence-corrected chi connectivity index (χ3v) is 5.02. The van der Waals surface area contributed by atoms with Gasteiger partial charge in [0.05, 0.1) is 6.54 Å². The van der Waals surface area contributed by atoms with Gasteiger partial charge in [0, 0.05) is 37.5 Å². The number of aromatic nitrogens is 3. The smallest absolute Gasteiger partial charge is 0.314 e. The van der Waals surface area contributed by atoms with E-state index in [1.807, 2.05) is 0 Å². The van der Waals surface area contributed by atoms with E-state index in [2.05, 4.69) is 26.7 Å². The van der Waals surface area contributed by atoms with Crippen molar-refractivity contribution in [3.8, 4) is 0 Å². The quantitative estimate of drug-likeness (QED) is 0.876. The average molecular weight is 307 g/mol. The summed E-state index contributed by atoms with van der Waals surface area (Å²) in [5.74, 6) is -0.464. The lowest BCUT2D eigenvalue weighted by Gasteiger charge is -2.34. The zero-order valence-electron chi connectivity index (χ0n) is 11.0. The van der Waals surface area contributed by atoms with Crippen LogP contribution in [0, 0.1) is 0 Å². The van der Waals surface area contributed by atoms with E-state index in [-0.39, 0.29) is 0 Å². The summed E-state index contributed by atoms with van der Waals surface area (Å²) < 4.78 is 39.5. The molecule has 0 saturated carbocycles. The van der Waals surface area contributed by atoms with Gasteiger partial charge in [-0.15, -0.1) is 10.2 Å². The lowest BCUT2D eigenvalue weighted by Crippen LogP contribution is -2.46. The van der Waals surface area contributed by atoms with Crippen molar-refractivity contribution in [3.63, 3.8) is 0 Å². The van der Waals surface area contributed by atoms with E-state index in [0.717, 1.165) is 13.1 Å². The molecule has 5 nitrogen and oxygen atoms in total. The molecule has 1 aromatic rings. The number of thioether (sulfide) groups is 1.